The van der Waals surface area contributed by atoms with Crippen LogP contribution in [0, 0.1) is 20.8 Å². The lowest BCUT2D eigenvalue weighted by Gasteiger charge is -2.23. The van der Waals surface area contributed by atoms with E-state index in [1.165, 1.54) is 4.90 Å². The van der Waals surface area contributed by atoms with Crippen LogP contribution in [0.15, 0.2) is 48.0 Å². The Hall–Kier alpha value is -3.49. The predicted octanol–water partition coefficient (Wildman–Crippen LogP) is 5.52. The fourth-order valence-corrected chi connectivity index (χ4v) is 5.11. The van der Waals surface area contributed by atoms with E-state index >= 15 is 0 Å². The smallest absolute Gasteiger partial charge is 0.350 e. The maximum absolute atomic E-state index is 13.3. The zero-order valence-electron chi connectivity index (χ0n) is 19.6. The summed E-state index contributed by atoms with van der Waals surface area (Å²) < 4.78 is 5.10. The van der Waals surface area contributed by atoms with Crippen molar-refractivity contribution in [2.24, 2.45) is 0 Å². The van der Waals surface area contributed by atoms with Crippen molar-refractivity contribution in [3.63, 3.8) is 0 Å². The van der Waals surface area contributed by atoms with Crippen molar-refractivity contribution in [1.29, 1.82) is 0 Å². The predicted molar refractivity (Wildman–Crippen MR) is 135 cm³/mol. The Morgan fingerprint density at radius 3 is 2.49 bits per heavy atom. The van der Waals surface area contributed by atoms with Gasteiger partial charge in [-0.05, 0) is 57.0 Å². The largest absolute Gasteiger partial charge is 0.507 e. The Bertz CT molecular complexity index is 1380. The van der Waals surface area contributed by atoms with E-state index < -0.39 is 23.7 Å². The second-order valence-electron chi connectivity index (χ2n) is 8.17. The quantitative estimate of drug-likeness (QED) is 0.210. The van der Waals surface area contributed by atoms with Gasteiger partial charge in [-0.25, -0.2) is 9.78 Å². The molecule has 0 radical (unpaired) electrons. The van der Waals surface area contributed by atoms with Crippen LogP contribution in [0.5, 0.6) is 0 Å². The zero-order valence-corrected chi connectivity index (χ0v) is 21.2. The number of carbonyl (C=O) groups excluding carboxylic acids is 3. The molecule has 0 saturated carbocycles. The molecule has 1 aromatic heterocycles. The third kappa shape index (κ3) is 4.47. The first-order valence-electron chi connectivity index (χ1n) is 10.9. The number of nitrogens with zero attached hydrogens (tertiary/aromatic N) is 2. The molecule has 7 nitrogen and oxygen atoms in total. The minimum absolute atomic E-state index is 0.0587. The molecule has 1 atom stereocenters. The molecular formula is C26H23ClN2O5S. The first-order chi connectivity index (χ1) is 16.6. The van der Waals surface area contributed by atoms with Gasteiger partial charge in [0.2, 0.25) is 0 Å². The molecule has 1 N–H and O–H groups in total. The van der Waals surface area contributed by atoms with E-state index in [1.807, 2.05) is 26.0 Å². The van der Waals surface area contributed by atoms with Crippen LogP contribution < -0.4 is 4.90 Å². The van der Waals surface area contributed by atoms with E-state index in [-0.39, 0.29) is 27.9 Å². The van der Waals surface area contributed by atoms with Gasteiger partial charge in [0, 0.05) is 10.6 Å². The zero-order chi connectivity index (χ0) is 25.4. The number of ether oxygens (including phenoxy) is 1. The number of esters is 1. The van der Waals surface area contributed by atoms with Gasteiger partial charge in [0.05, 0.1) is 23.9 Å². The monoisotopic (exact) mass is 510 g/mol. The van der Waals surface area contributed by atoms with E-state index in [2.05, 4.69) is 4.98 Å². The Morgan fingerprint density at radius 2 is 1.83 bits per heavy atom. The van der Waals surface area contributed by atoms with Crippen molar-refractivity contribution in [1.82, 2.24) is 4.98 Å². The number of amides is 1. The fraction of sp³-hybridized carbons (Fsp3) is 0.231. The number of aromatic nitrogens is 1. The van der Waals surface area contributed by atoms with Crippen LogP contribution in [0.3, 0.4) is 0 Å². The standard InChI is InChI=1S/C26H23ClN2O5S/c1-5-34-25(33)23-15(4)28-26(35-23)29-20(16-8-10-17(27)11-9-16)19(22(31)24(29)32)21(30)18-12-13(2)6-7-14(18)3/h6-12,20,30H,5H2,1-4H3. The maximum Gasteiger partial charge on any atom is 0.350 e. The van der Waals surface area contributed by atoms with E-state index in [1.54, 1.807) is 44.2 Å². The lowest BCUT2D eigenvalue weighted by molar-refractivity contribution is -0.132. The van der Waals surface area contributed by atoms with Gasteiger partial charge in [-0.3, -0.25) is 14.5 Å². The van der Waals surface area contributed by atoms with Crippen LogP contribution in [0.25, 0.3) is 5.76 Å². The van der Waals surface area contributed by atoms with Crippen molar-refractivity contribution in [2.75, 3.05) is 11.5 Å². The van der Waals surface area contributed by atoms with Gasteiger partial charge in [0.1, 0.15) is 10.6 Å². The molecule has 35 heavy (non-hydrogen) atoms. The number of ketones is 1. The average Bonchev–Trinajstić information content (AvgIpc) is 3.33. The van der Waals surface area contributed by atoms with Crippen molar-refractivity contribution >= 4 is 51.5 Å². The van der Waals surface area contributed by atoms with E-state index in [0.717, 1.165) is 22.5 Å². The van der Waals surface area contributed by atoms with Crippen molar-refractivity contribution in [2.45, 2.75) is 33.7 Å². The third-order valence-electron chi connectivity index (χ3n) is 5.73. The summed E-state index contributed by atoms with van der Waals surface area (Å²) in [7, 11) is 0. The molecule has 1 unspecified atom stereocenters. The number of hydrogen-bond donors (Lipinski definition) is 1. The number of aryl methyl sites for hydroxylation is 3. The Balaban J connectivity index is 1.94. The summed E-state index contributed by atoms with van der Waals surface area (Å²) in [5.41, 5.74) is 3.00. The summed E-state index contributed by atoms with van der Waals surface area (Å²) in [6.45, 7) is 7.22. The van der Waals surface area contributed by atoms with Crippen molar-refractivity contribution < 1.29 is 24.2 Å². The van der Waals surface area contributed by atoms with E-state index in [4.69, 9.17) is 16.3 Å². The minimum atomic E-state index is -0.965. The molecule has 0 aliphatic carbocycles. The van der Waals surface area contributed by atoms with Gasteiger partial charge in [-0.15, -0.1) is 0 Å². The molecule has 4 rings (SSSR count). The summed E-state index contributed by atoms with van der Waals surface area (Å²) in [6.07, 6.45) is 0. The number of benzene rings is 2. The number of halogens is 1. The first kappa shape index (κ1) is 24.6. The Kier molecular flexibility index (Phi) is 6.78. The number of Topliss-reactive ketones (excluding diaryl/α,β-unsaturated/α-hetero) is 1. The molecule has 180 valence electrons. The SMILES string of the molecule is CCOC(=O)c1sc(N2C(=O)C(=O)C(=C(O)c3cc(C)ccc3C)C2c2ccc(Cl)cc2)nc1C. The molecule has 3 aromatic rings. The maximum atomic E-state index is 13.3. The Morgan fingerprint density at radius 1 is 1.14 bits per heavy atom. The van der Waals surface area contributed by atoms with Crippen molar-refractivity contribution in [3.05, 3.63) is 85.9 Å². The van der Waals surface area contributed by atoms with Gasteiger partial charge in [-0.2, -0.15) is 0 Å². The molecular weight excluding hydrogens is 488 g/mol. The molecule has 1 fully saturated rings. The minimum Gasteiger partial charge on any atom is -0.507 e. The van der Waals surface area contributed by atoms with Crippen LogP contribution >= 0.6 is 22.9 Å². The molecule has 1 aliphatic rings. The van der Waals surface area contributed by atoms with E-state index in [0.29, 0.717) is 21.8 Å². The molecule has 0 bridgehead atoms. The van der Waals surface area contributed by atoms with Gasteiger partial charge >= 0.3 is 11.9 Å². The number of thiazole rings is 1. The topological polar surface area (TPSA) is 96.8 Å². The summed E-state index contributed by atoms with van der Waals surface area (Å²) >= 11 is 7.04. The molecule has 1 amide bonds. The number of rotatable bonds is 5. The summed E-state index contributed by atoms with van der Waals surface area (Å²) in [4.78, 5) is 44.9. The summed E-state index contributed by atoms with van der Waals surface area (Å²) in [5.74, 6) is -2.51. The second-order valence-corrected chi connectivity index (χ2v) is 9.58. The van der Waals surface area contributed by atoms with Crippen LogP contribution in [-0.4, -0.2) is 34.4 Å². The number of aliphatic hydroxyl groups is 1. The highest BCUT2D eigenvalue weighted by molar-refractivity contribution is 7.17. The highest BCUT2D eigenvalue weighted by atomic mass is 35.5. The van der Waals surface area contributed by atoms with Crippen LogP contribution in [0.1, 0.15) is 50.6 Å². The third-order valence-corrected chi connectivity index (χ3v) is 7.12. The number of carbonyl (C=O) groups is 3. The van der Waals surface area contributed by atoms with Gasteiger partial charge in [-0.1, -0.05) is 52.8 Å². The average molecular weight is 511 g/mol. The lowest BCUT2D eigenvalue weighted by atomic mass is 9.93. The highest BCUT2D eigenvalue weighted by Crippen LogP contribution is 2.44. The number of anilines is 1. The molecule has 0 spiro atoms. The van der Waals surface area contributed by atoms with Crippen LogP contribution in [0.2, 0.25) is 5.02 Å². The van der Waals surface area contributed by atoms with E-state index in [9.17, 15) is 19.5 Å². The number of hydrogen-bond acceptors (Lipinski definition) is 7. The molecule has 1 saturated heterocycles. The molecule has 2 heterocycles. The molecule has 9 heteroatoms. The Labute approximate surface area is 211 Å². The van der Waals surface area contributed by atoms with Crippen LogP contribution in [-0.2, 0) is 14.3 Å². The molecule has 2 aromatic carbocycles. The summed E-state index contributed by atoms with van der Waals surface area (Å²) in [5, 5.41) is 12.0. The second kappa shape index (κ2) is 9.64. The van der Waals surface area contributed by atoms with Gasteiger partial charge < -0.3 is 9.84 Å². The highest BCUT2D eigenvalue weighted by Gasteiger charge is 2.48. The number of aliphatic hydroxyl groups excluding tert-OH is 1. The van der Waals surface area contributed by atoms with Crippen molar-refractivity contribution in [3.8, 4) is 0 Å². The first-order valence-corrected chi connectivity index (χ1v) is 12.1. The molecule has 1 aliphatic heterocycles. The summed E-state index contributed by atoms with van der Waals surface area (Å²) in [6, 6.07) is 11.2. The van der Waals surface area contributed by atoms with Gasteiger partial charge in [0.25, 0.3) is 5.78 Å². The fourth-order valence-electron chi connectivity index (χ4n) is 4.00. The lowest BCUT2D eigenvalue weighted by Crippen LogP contribution is -2.29. The normalized spacial score (nSPS) is 17.2. The van der Waals surface area contributed by atoms with Gasteiger partial charge in [0.15, 0.2) is 5.13 Å². The van der Waals surface area contributed by atoms with Crippen LogP contribution in [0.4, 0.5) is 5.13 Å².